The molecule has 25 heavy (non-hydrogen) atoms. The standard InChI is InChI=1S/C16H12N4O3S2/c1-2-8-19-14(21)13(25-16(19)18-15-17-7-9-24-15)10-11-5-3-4-6-12(11)20(22)23/h2-7,9-10H,1,8H2/b13-10-,18-16+. The summed E-state index contributed by atoms with van der Waals surface area (Å²) in [6, 6.07) is 6.29. The number of hydrogen-bond donors (Lipinski definition) is 0. The minimum absolute atomic E-state index is 0.0519. The summed E-state index contributed by atoms with van der Waals surface area (Å²) in [7, 11) is 0. The second-order valence-electron chi connectivity index (χ2n) is 4.84. The molecule has 1 aromatic heterocycles. The predicted molar refractivity (Wildman–Crippen MR) is 99.8 cm³/mol. The van der Waals surface area contributed by atoms with Crippen LogP contribution in [0.25, 0.3) is 6.08 Å². The fraction of sp³-hybridized carbons (Fsp3) is 0.0625. The zero-order chi connectivity index (χ0) is 17.8. The molecule has 0 aliphatic carbocycles. The van der Waals surface area contributed by atoms with Crippen LogP contribution in [-0.4, -0.2) is 32.4 Å². The van der Waals surface area contributed by atoms with Gasteiger partial charge in [-0.2, -0.15) is 4.99 Å². The van der Waals surface area contributed by atoms with E-state index in [1.54, 1.807) is 35.9 Å². The van der Waals surface area contributed by atoms with E-state index in [-0.39, 0.29) is 11.6 Å². The third-order valence-corrected chi connectivity index (χ3v) is 4.90. The summed E-state index contributed by atoms with van der Waals surface area (Å²) >= 11 is 2.52. The first-order chi connectivity index (χ1) is 12.1. The Bertz CT molecular complexity index is 891. The fourth-order valence-electron chi connectivity index (χ4n) is 2.15. The van der Waals surface area contributed by atoms with Gasteiger partial charge in [-0.1, -0.05) is 18.2 Å². The molecule has 2 heterocycles. The van der Waals surface area contributed by atoms with Crippen LogP contribution in [0.1, 0.15) is 5.56 Å². The van der Waals surface area contributed by atoms with Crippen molar-refractivity contribution >= 4 is 51.1 Å². The minimum Gasteiger partial charge on any atom is -0.282 e. The molecule has 3 rings (SSSR count). The van der Waals surface area contributed by atoms with Gasteiger partial charge in [-0.25, -0.2) is 4.98 Å². The molecule has 0 spiro atoms. The second-order valence-corrected chi connectivity index (χ2v) is 6.72. The van der Waals surface area contributed by atoms with Crippen LogP contribution in [0.5, 0.6) is 0 Å². The van der Waals surface area contributed by atoms with E-state index in [0.29, 0.717) is 27.3 Å². The summed E-state index contributed by atoms with van der Waals surface area (Å²) in [6.45, 7) is 3.95. The number of nitro groups is 1. The first-order valence-electron chi connectivity index (χ1n) is 7.14. The molecule has 1 aromatic carbocycles. The van der Waals surface area contributed by atoms with Gasteiger partial charge in [-0.15, -0.1) is 17.9 Å². The lowest BCUT2D eigenvalue weighted by atomic mass is 10.1. The summed E-state index contributed by atoms with van der Waals surface area (Å²) in [5, 5.41) is 14.0. The Morgan fingerprint density at radius 2 is 2.20 bits per heavy atom. The van der Waals surface area contributed by atoms with Gasteiger partial charge >= 0.3 is 0 Å². The highest BCUT2D eigenvalue weighted by Crippen LogP contribution is 2.35. The zero-order valence-electron chi connectivity index (χ0n) is 12.9. The number of amides is 1. The van der Waals surface area contributed by atoms with Crippen LogP contribution in [0.3, 0.4) is 0 Å². The van der Waals surface area contributed by atoms with Gasteiger partial charge in [0, 0.05) is 24.2 Å². The number of thioether (sulfide) groups is 1. The Balaban J connectivity index is 1.99. The van der Waals surface area contributed by atoms with Crippen molar-refractivity contribution in [1.82, 2.24) is 9.88 Å². The Kier molecular flexibility index (Phi) is 5.05. The largest absolute Gasteiger partial charge is 0.282 e. The molecule has 0 saturated carbocycles. The number of carbonyl (C=O) groups is 1. The topological polar surface area (TPSA) is 88.7 Å². The Hall–Kier alpha value is -2.78. The summed E-state index contributed by atoms with van der Waals surface area (Å²) < 4.78 is 0. The summed E-state index contributed by atoms with van der Waals surface area (Å²) in [4.78, 5) is 33.6. The predicted octanol–water partition coefficient (Wildman–Crippen LogP) is 3.84. The lowest BCUT2D eigenvalue weighted by Crippen LogP contribution is -2.29. The number of nitro benzene ring substituents is 1. The molecule has 0 atom stereocenters. The highest BCUT2D eigenvalue weighted by molar-refractivity contribution is 8.18. The van der Waals surface area contributed by atoms with Crippen LogP contribution < -0.4 is 0 Å². The number of para-hydroxylation sites is 1. The third kappa shape index (κ3) is 3.67. The van der Waals surface area contributed by atoms with Gasteiger partial charge in [0.25, 0.3) is 11.6 Å². The zero-order valence-corrected chi connectivity index (χ0v) is 14.5. The molecule has 0 bridgehead atoms. The van der Waals surface area contributed by atoms with Crippen LogP contribution in [0.2, 0.25) is 0 Å². The van der Waals surface area contributed by atoms with Crippen molar-refractivity contribution in [1.29, 1.82) is 0 Å². The molecule has 2 aromatic rings. The van der Waals surface area contributed by atoms with Crippen LogP contribution in [0.4, 0.5) is 10.8 Å². The molecule has 1 aliphatic heterocycles. The Morgan fingerprint density at radius 1 is 1.40 bits per heavy atom. The number of benzene rings is 1. The molecule has 1 saturated heterocycles. The van der Waals surface area contributed by atoms with Crippen molar-refractivity contribution in [2.45, 2.75) is 0 Å². The maximum Gasteiger partial charge on any atom is 0.276 e. The smallest absolute Gasteiger partial charge is 0.276 e. The van der Waals surface area contributed by atoms with E-state index in [4.69, 9.17) is 0 Å². The van der Waals surface area contributed by atoms with Gasteiger partial charge in [-0.3, -0.25) is 19.8 Å². The van der Waals surface area contributed by atoms with Crippen molar-refractivity contribution in [2.24, 2.45) is 4.99 Å². The Morgan fingerprint density at radius 3 is 2.88 bits per heavy atom. The van der Waals surface area contributed by atoms with Crippen LogP contribution >= 0.6 is 23.1 Å². The molecule has 1 amide bonds. The number of carbonyl (C=O) groups excluding carboxylic acids is 1. The average molecular weight is 372 g/mol. The van der Waals surface area contributed by atoms with Crippen molar-refractivity contribution in [3.63, 3.8) is 0 Å². The van der Waals surface area contributed by atoms with Gasteiger partial charge in [0.15, 0.2) is 5.17 Å². The van der Waals surface area contributed by atoms with Crippen molar-refractivity contribution < 1.29 is 9.72 Å². The number of nitrogens with zero attached hydrogens (tertiary/aromatic N) is 4. The number of amidine groups is 1. The minimum atomic E-state index is -0.470. The van der Waals surface area contributed by atoms with Gasteiger partial charge in [0.05, 0.1) is 15.4 Å². The van der Waals surface area contributed by atoms with E-state index in [0.717, 1.165) is 11.8 Å². The van der Waals surface area contributed by atoms with Crippen LogP contribution in [0.15, 0.2) is 58.4 Å². The maximum absolute atomic E-state index is 12.6. The van der Waals surface area contributed by atoms with Gasteiger partial charge in [-0.05, 0) is 23.9 Å². The number of rotatable bonds is 5. The lowest BCUT2D eigenvalue weighted by Gasteiger charge is -2.11. The Labute approximate surface area is 151 Å². The van der Waals surface area contributed by atoms with E-state index >= 15 is 0 Å². The first kappa shape index (κ1) is 17.1. The molecule has 0 radical (unpaired) electrons. The quantitative estimate of drug-likeness (QED) is 0.344. The molecule has 0 N–H and O–H groups in total. The summed E-state index contributed by atoms with van der Waals surface area (Å²) in [5.74, 6) is -0.265. The molecular weight excluding hydrogens is 360 g/mol. The summed E-state index contributed by atoms with van der Waals surface area (Å²) in [5.41, 5.74) is 0.321. The average Bonchev–Trinajstić information content (AvgIpc) is 3.20. The monoisotopic (exact) mass is 372 g/mol. The van der Waals surface area contributed by atoms with Gasteiger partial charge in [0.1, 0.15) is 0 Å². The van der Waals surface area contributed by atoms with E-state index < -0.39 is 4.92 Å². The summed E-state index contributed by atoms with van der Waals surface area (Å²) in [6.07, 6.45) is 4.75. The second kappa shape index (κ2) is 7.41. The SMILES string of the molecule is C=CCN1C(=O)/C(=C/c2ccccc2[N+](=O)[O-])S/C1=N/c1nccs1. The molecule has 0 unspecified atom stereocenters. The molecule has 7 nitrogen and oxygen atoms in total. The molecule has 1 aliphatic rings. The van der Waals surface area contributed by atoms with Crippen molar-refractivity contribution in [3.8, 4) is 0 Å². The molecule has 1 fully saturated rings. The van der Waals surface area contributed by atoms with E-state index in [1.165, 1.54) is 28.4 Å². The van der Waals surface area contributed by atoms with Crippen molar-refractivity contribution in [3.05, 3.63) is 69.1 Å². The van der Waals surface area contributed by atoms with Crippen LogP contribution in [0, 0.1) is 10.1 Å². The number of hydrogen-bond acceptors (Lipinski definition) is 7. The highest BCUT2D eigenvalue weighted by atomic mass is 32.2. The van der Waals surface area contributed by atoms with E-state index in [9.17, 15) is 14.9 Å². The molecule has 9 heteroatoms. The number of thiazole rings is 1. The fourth-order valence-corrected chi connectivity index (χ4v) is 3.69. The maximum atomic E-state index is 12.6. The van der Waals surface area contributed by atoms with E-state index in [2.05, 4.69) is 16.6 Å². The van der Waals surface area contributed by atoms with Crippen molar-refractivity contribution in [2.75, 3.05) is 6.54 Å². The van der Waals surface area contributed by atoms with E-state index in [1.807, 2.05) is 0 Å². The highest BCUT2D eigenvalue weighted by Gasteiger charge is 2.33. The number of aliphatic imine (C=N–C) groups is 1. The number of aromatic nitrogens is 1. The first-order valence-corrected chi connectivity index (χ1v) is 8.83. The van der Waals surface area contributed by atoms with Gasteiger partial charge < -0.3 is 0 Å². The van der Waals surface area contributed by atoms with Crippen LogP contribution in [-0.2, 0) is 4.79 Å². The molecular formula is C16H12N4O3S2. The normalized spacial score (nSPS) is 17.4. The molecule has 126 valence electrons. The van der Waals surface area contributed by atoms with Gasteiger partial charge in [0.2, 0.25) is 5.13 Å². The third-order valence-electron chi connectivity index (χ3n) is 3.23. The lowest BCUT2D eigenvalue weighted by molar-refractivity contribution is -0.385.